The second kappa shape index (κ2) is 7.01. The minimum atomic E-state index is -0.363. The molecule has 144 valence electrons. The fourth-order valence-corrected chi connectivity index (χ4v) is 3.91. The van der Waals surface area contributed by atoms with Gasteiger partial charge in [0.15, 0.2) is 0 Å². The Balaban J connectivity index is 1.48. The summed E-state index contributed by atoms with van der Waals surface area (Å²) in [4.78, 5) is 30.8. The lowest BCUT2D eigenvalue weighted by atomic mass is 9.93. The number of amides is 3. The summed E-state index contributed by atoms with van der Waals surface area (Å²) in [7, 11) is 3.59. The summed E-state index contributed by atoms with van der Waals surface area (Å²) in [5, 5.41) is 14.3. The number of carbonyl (C=O) groups excluding carboxylic acids is 2. The molecule has 4 rings (SSSR count). The predicted molar refractivity (Wildman–Crippen MR) is 96.9 cm³/mol. The molecule has 0 saturated carbocycles. The van der Waals surface area contributed by atoms with Crippen molar-refractivity contribution >= 4 is 17.9 Å². The van der Waals surface area contributed by atoms with E-state index < -0.39 is 0 Å². The lowest BCUT2D eigenvalue weighted by Crippen LogP contribution is -2.52. The zero-order valence-electron chi connectivity index (χ0n) is 15.6. The molecule has 2 atom stereocenters. The average Bonchev–Trinajstić information content (AvgIpc) is 3.24. The number of anilines is 1. The number of fused-ring (bicyclic) bond motifs is 1. The van der Waals surface area contributed by atoms with E-state index >= 15 is 0 Å². The van der Waals surface area contributed by atoms with Crippen LogP contribution in [0.15, 0.2) is 12.3 Å². The van der Waals surface area contributed by atoms with E-state index in [4.69, 9.17) is 0 Å². The fraction of sp³-hybridized carbons (Fsp3) is 0.588. The van der Waals surface area contributed by atoms with E-state index in [1.165, 1.54) is 0 Å². The van der Waals surface area contributed by atoms with Crippen LogP contribution in [0.5, 0.6) is 0 Å². The Labute approximate surface area is 156 Å². The molecule has 0 bridgehead atoms. The standard InChI is InChI=1S/C17H24N8O2/c1-23-14(26)7-6-11(15(23)12-8-9-18-24(12)2)19-17(27)21-16-20-13-5-3-4-10-25(13)22-16/h8-9,11,15H,3-7,10H2,1-2H3,(H2,19,21,22,27)/t11-,15-/m1/s1. The molecule has 2 aliphatic rings. The highest BCUT2D eigenvalue weighted by atomic mass is 16.2. The van der Waals surface area contributed by atoms with Crippen LogP contribution in [0, 0.1) is 0 Å². The van der Waals surface area contributed by atoms with Crippen LogP contribution in [-0.4, -0.2) is 54.5 Å². The lowest BCUT2D eigenvalue weighted by molar-refractivity contribution is -0.136. The van der Waals surface area contributed by atoms with Crippen LogP contribution >= 0.6 is 0 Å². The number of nitrogens with one attached hydrogen (secondary N) is 2. The smallest absolute Gasteiger partial charge is 0.321 e. The van der Waals surface area contributed by atoms with Gasteiger partial charge in [0, 0.05) is 39.7 Å². The van der Waals surface area contributed by atoms with E-state index in [-0.39, 0.29) is 24.0 Å². The first kappa shape index (κ1) is 17.5. The highest BCUT2D eigenvalue weighted by molar-refractivity contribution is 5.88. The van der Waals surface area contributed by atoms with Crippen molar-refractivity contribution < 1.29 is 9.59 Å². The van der Waals surface area contributed by atoms with Gasteiger partial charge in [0.05, 0.1) is 17.8 Å². The van der Waals surface area contributed by atoms with Crippen molar-refractivity contribution in [2.75, 3.05) is 12.4 Å². The molecular weight excluding hydrogens is 348 g/mol. The zero-order chi connectivity index (χ0) is 19.0. The van der Waals surface area contributed by atoms with Crippen molar-refractivity contribution in [1.82, 2.24) is 34.8 Å². The van der Waals surface area contributed by atoms with E-state index in [1.807, 2.05) is 17.8 Å². The lowest BCUT2D eigenvalue weighted by Gasteiger charge is -2.39. The highest BCUT2D eigenvalue weighted by Crippen LogP contribution is 2.30. The topological polar surface area (TPSA) is 110 Å². The molecular formula is C17H24N8O2. The number of carbonyl (C=O) groups is 2. The van der Waals surface area contributed by atoms with Crippen LogP contribution in [0.2, 0.25) is 0 Å². The van der Waals surface area contributed by atoms with Crippen LogP contribution < -0.4 is 10.6 Å². The maximum Gasteiger partial charge on any atom is 0.321 e. The second-order valence-corrected chi connectivity index (χ2v) is 7.10. The molecule has 0 spiro atoms. The number of hydrogen-bond donors (Lipinski definition) is 2. The molecule has 2 aromatic rings. The van der Waals surface area contributed by atoms with Gasteiger partial charge in [-0.1, -0.05) is 0 Å². The summed E-state index contributed by atoms with van der Waals surface area (Å²) in [5.41, 5.74) is 0.881. The van der Waals surface area contributed by atoms with Gasteiger partial charge < -0.3 is 10.2 Å². The first-order valence-corrected chi connectivity index (χ1v) is 9.27. The Morgan fingerprint density at radius 2 is 2.11 bits per heavy atom. The number of aryl methyl sites for hydroxylation is 3. The molecule has 0 radical (unpaired) electrons. The number of nitrogens with zero attached hydrogens (tertiary/aromatic N) is 6. The molecule has 1 saturated heterocycles. The van der Waals surface area contributed by atoms with Crippen molar-refractivity contribution in [3.8, 4) is 0 Å². The van der Waals surface area contributed by atoms with E-state index in [0.29, 0.717) is 18.8 Å². The van der Waals surface area contributed by atoms with Crippen LogP contribution in [0.1, 0.15) is 43.2 Å². The average molecular weight is 372 g/mol. The first-order valence-electron chi connectivity index (χ1n) is 9.27. The number of piperidine rings is 1. The molecule has 0 aliphatic carbocycles. The highest BCUT2D eigenvalue weighted by Gasteiger charge is 2.37. The number of rotatable bonds is 3. The number of urea groups is 1. The quantitative estimate of drug-likeness (QED) is 0.829. The summed E-state index contributed by atoms with van der Waals surface area (Å²) in [6, 6.07) is 1.02. The van der Waals surface area contributed by atoms with Gasteiger partial charge in [-0.05, 0) is 25.3 Å². The van der Waals surface area contributed by atoms with Crippen molar-refractivity contribution in [1.29, 1.82) is 0 Å². The molecule has 10 nitrogen and oxygen atoms in total. The maximum absolute atomic E-state index is 12.5. The van der Waals surface area contributed by atoms with E-state index in [1.54, 1.807) is 22.8 Å². The Morgan fingerprint density at radius 1 is 1.26 bits per heavy atom. The van der Waals surface area contributed by atoms with E-state index in [2.05, 4.69) is 25.8 Å². The summed E-state index contributed by atoms with van der Waals surface area (Å²) in [6.07, 6.45) is 5.72. The zero-order valence-corrected chi connectivity index (χ0v) is 15.6. The van der Waals surface area contributed by atoms with Gasteiger partial charge in [-0.15, -0.1) is 5.10 Å². The van der Waals surface area contributed by atoms with Gasteiger partial charge in [-0.2, -0.15) is 10.1 Å². The molecule has 2 aromatic heterocycles. The number of likely N-dealkylation sites (tertiary alicyclic amines) is 1. The van der Waals surface area contributed by atoms with Crippen molar-refractivity contribution in [2.45, 2.75) is 50.7 Å². The third-order valence-corrected chi connectivity index (χ3v) is 5.33. The summed E-state index contributed by atoms with van der Waals surface area (Å²) in [6.45, 7) is 0.837. The normalized spacial score (nSPS) is 22.4. The van der Waals surface area contributed by atoms with Crippen LogP contribution in [0.25, 0.3) is 0 Å². The predicted octanol–water partition coefficient (Wildman–Crippen LogP) is 0.831. The van der Waals surface area contributed by atoms with Gasteiger partial charge in [-0.25, -0.2) is 9.48 Å². The SMILES string of the molecule is CN1C(=O)CC[C@@H](NC(=O)Nc2nc3n(n2)CCCC3)[C@@H]1c1ccnn1C. The number of likely N-dealkylation sites (N-methyl/N-ethyl adjacent to an activating group) is 1. The second-order valence-electron chi connectivity index (χ2n) is 7.10. The van der Waals surface area contributed by atoms with Crippen molar-refractivity contribution in [3.05, 3.63) is 23.8 Å². The maximum atomic E-state index is 12.5. The van der Waals surface area contributed by atoms with Crippen LogP contribution in [0.3, 0.4) is 0 Å². The molecule has 10 heteroatoms. The van der Waals surface area contributed by atoms with Crippen molar-refractivity contribution in [2.24, 2.45) is 7.05 Å². The first-order chi connectivity index (χ1) is 13.0. The van der Waals surface area contributed by atoms with Gasteiger partial charge in [0.25, 0.3) is 0 Å². The summed E-state index contributed by atoms with van der Waals surface area (Å²) in [5.74, 6) is 1.29. The third kappa shape index (κ3) is 3.38. The Bertz CT molecular complexity index is 833. The molecule has 1 fully saturated rings. The van der Waals surface area contributed by atoms with E-state index in [9.17, 15) is 9.59 Å². The monoisotopic (exact) mass is 372 g/mol. The minimum absolute atomic E-state index is 0.0584. The van der Waals surface area contributed by atoms with Crippen LogP contribution in [0.4, 0.5) is 10.7 Å². The molecule has 2 N–H and O–H groups in total. The summed E-state index contributed by atoms with van der Waals surface area (Å²) < 4.78 is 3.59. The molecule has 27 heavy (non-hydrogen) atoms. The van der Waals surface area contributed by atoms with Gasteiger partial charge in [0.1, 0.15) is 5.82 Å². The largest absolute Gasteiger partial charge is 0.335 e. The van der Waals surface area contributed by atoms with Gasteiger partial charge >= 0.3 is 6.03 Å². The fourth-order valence-electron chi connectivity index (χ4n) is 3.91. The number of hydrogen-bond acceptors (Lipinski definition) is 5. The Kier molecular flexibility index (Phi) is 4.54. The molecule has 3 amide bonds. The molecule has 0 unspecified atom stereocenters. The van der Waals surface area contributed by atoms with Crippen molar-refractivity contribution in [3.63, 3.8) is 0 Å². The summed E-state index contributed by atoms with van der Waals surface area (Å²) >= 11 is 0. The van der Waals surface area contributed by atoms with E-state index in [0.717, 1.165) is 37.3 Å². The van der Waals surface area contributed by atoms with Gasteiger partial charge in [-0.3, -0.25) is 14.8 Å². The third-order valence-electron chi connectivity index (χ3n) is 5.33. The van der Waals surface area contributed by atoms with Gasteiger partial charge in [0.2, 0.25) is 11.9 Å². The number of aromatic nitrogens is 5. The minimum Gasteiger partial charge on any atom is -0.335 e. The Morgan fingerprint density at radius 3 is 2.85 bits per heavy atom. The Hall–Kier alpha value is -2.91. The molecule has 4 heterocycles. The molecule has 0 aromatic carbocycles. The molecule has 2 aliphatic heterocycles. The van der Waals surface area contributed by atoms with Crippen LogP contribution in [-0.2, 0) is 24.8 Å².